The Morgan fingerprint density at radius 2 is 1.75 bits per heavy atom. The highest BCUT2D eigenvalue weighted by molar-refractivity contribution is 6.04. The lowest BCUT2D eigenvalue weighted by molar-refractivity contribution is 0.0528. The van der Waals surface area contributed by atoms with Crippen molar-refractivity contribution in [3.8, 4) is 0 Å². The molecule has 120 valence electrons. The van der Waals surface area contributed by atoms with Gasteiger partial charge in [-0.1, -0.05) is 60.7 Å². The van der Waals surface area contributed by atoms with Gasteiger partial charge in [0.25, 0.3) is 0 Å². The molecule has 1 fully saturated rings. The minimum atomic E-state index is -0.246. The maximum absolute atomic E-state index is 12.1. The third kappa shape index (κ3) is 2.69. The number of fused-ring (bicyclic) bond motifs is 1. The molecule has 0 aliphatic heterocycles. The van der Waals surface area contributed by atoms with Crippen LogP contribution in [-0.4, -0.2) is 12.6 Å². The molecule has 0 N–H and O–H groups in total. The van der Waals surface area contributed by atoms with Crippen LogP contribution >= 0.6 is 0 Å². The zero-order valence-corrected chi connectivity index (χ0v) is 13.7. The summed E-state index contributed by atoms with van der Waals surface area (Å²) in [7, 11) is 0. The van der Waals surface area contributed by atoms with Gasteiger partial charge >= 0.3 is 5.97 Å². The Morgan fingerprint density at radius 1 is 0.958 bits per heavy atom. The number of rotatable bonds is 4. The molecule has 0 saturated heterocycles. The number of hydrogen-bond donors (Lipinski definition) is 0. The first-order valence-electron chi connectivity index (χ1n) is 8.52. The molecule has 1 saturated carbocycles. The summed E-state index contributed by atoms with van der Waals surface area (Å²) in [6, 6.07) is 23.0. The van der Waals surface area contributed by atoms with Gasteiger partial charge < -0.3 is 4.74 Å². The van der Waals surface area contributed by atoms with Crippen molar-refractivity contribution in [2.24, 2.45) is 0 Å². The number of carbonyl (C=O) groups is 1. The summed E-state index contributed by atoms with van der Waals surface area (Å²) in [5.41, 5.74) is 3.43. The van der Waals surface area contributed by atoms with E-state index >= 15 is 0 Å². The lowest BCUT2D eigenvalue weighted by Gasteiger charge is -2.08. The number of carbonyl (C=O) groups excluding carboxylic acids is 1. The van der Waals surface area contributed by atoms with E-state index in [0.29, 0.717) is 24.0 Å². The van der Waals surface area contributed by atoms with E-state index in [0.717, 1.165) is 10.8 Å². The Morgan fingerprint density at radius 3 is 2.54 bits per heavy atom. The average molecular weight is 316 g/mol. The van der Waals surface area contributed by atoms with Crippen LogP contribution in [0, 0.1) is 0 Å². The van der Waals surface area contributed by atoms with Crippen molar-refractivity contribution in [3.63, 3.8) is 0 Å². The second-order valence-corrected chi connectivity index (χ2v) is 6.37. The summed E-state index contributed by atoms with van der Waals surface area (Å²) in [5, 5.41) is 2.08. The van der Waals surface area contributed by atoms with E-state index in [1.54, 1.807) is 0 Å². The Labute approximate surface area is 142 Å². The van der Waals surface area contributed by atoms with Crippen LogP contribution in [0.3, 0.4) is 0 Å². The summed E-state index contributed by atoms with van der Waals surface area (Å²) in [5.74, 6) is 0.962. The standard InChI is InChI=1S/C22H20O2/c1-2-24-22(23)19-10-6-9-16-13-17(11-12-18(16)19)21-14-20(21)15-7-4-3-5-8-15/h3-13,20-21H,2,14H2,1H3. The van der Waals surface area contributed by atoms with Gasteiger partial charge in [0, 0.05) is 0 Å². The molecule has 1 aliphatic rings. The van der Waals surface area contributed by atoms with Crippen molar-refractivity contribution < 1.29 is 9.53 Å². The van der Waals surface area contributed by atoms with Crippen LogP contribution < -0.4 is 0 Å². The van der Waals surface area contributed by atoms with Crippen LogP contribution in [0.2, 0.25) is 0 Å². The van der Waals surface area contributed by atoms with Crippen LogP contribution in [0.4, 0.5) is 0 Å². The fourth-order valence-corrected chi connectivity index (χ4v) is 3.55. The van der Waals surface area contributed by atoms with E-state index in [2.05, 4.69) is 54.6 Å². The fraction of sp³-hybridized carbons (Fsp3) is 0.227. The van der Waals surface area contributed by atoms with Crippen molar-refractivity contribution >= 4 is 16.7 Å². The number of benzene rings is 3. The maximum Gasteiger partial charge on any atom is 0.338 e. The molecule has 4 rings (SSSR count). The van der Waals surface area contributed by atoms with E-state index in [4.69, 9.17) is 4.74 Å². The summed E-state index contributed by atoms with van der Waals surface area (Å²) >= 11 is 0. The van der Waals surface area contributed by atoms with Crippen LogP contribution in [-0.2, 0) is 4.74 Å². The normalized spacial score (nSPS) is 19.2. The number of esters is 1. The molecule has 1 aliphatic carbocycles. The monoisotopic (exact) mass is 316 g/mol. The van der Waals surface area contributed by atoms with Gasteiger partial charge in [0.05, 0.1) is 12.2 Å². The summed E-state index contributed by atoms with van der Waals surface area (Å²) in [6.07, 6.45) is 1.20. The molecular formula is C22H20O2. The molecule has 24 heavy (non-hydrogen) atoms. The predicted molar refractivity (Wildman–Crippen MR) is 96.4 cm³/mol. The first kappa shape index (κ1) is 14.9. The van der Waals surface area contributed by atoms with Crippen LogP contribution in [0.25, 0.3) is 10.8 Å². The highest BCUT2D eigenvalue weighted by Crippen LogP contribution is 2.54. The average Bonchev–Trinajstić information content (AvgIpc) is 3.42. The Bertz CT molecular complexity index is 883. The molecule has 0 heterocycles. The molecule has 2 atom stereocenters. The zero-order chi connectivity index (χ0) is 16.5. The maximum atomic E-state index is 12.1. The van der Waals surface area contributed by atoms with E-state index in [9.17, 15) is 4.79 Å². The van der Waals surface area contributed by atoms with E-state index in [1.807, 2.05) is 19.1 Å². The molecule has 2 unspecified atom stereocenters. The van der Waals surface area contributed by atoms with Gasteiger partial charge in [0.2, 0.25) is 0 Å². The number of ether oxygens (including phenoxy) is 1. The SMILES string of the molecule is CCOC(=O)c1cccc2cc(C3CC3c3ccccc3)ccc12. The fourth-order valence-electron chi connectivity index (χ4n) is 3.55. The lowest BCUT2D eigenvalue weighted by atomic mass is 9.98. The lowest BCUT2D eigenvalue weighted by Crippen LogP contribution is -2.05. The third-order valence-electron chi connectivity index (χ3n) is 4.85. The molecule has 3 aromatic rings. The van der Waals surface area contributed by atoms with E-state index in [1.165, 1.54) is 17.5 Å². The van der Waals surface area contributed by atoms with Crippen molar-refractivity contribution in [1.82, 2.24) is 0 Å². The van der Waals surface area contributed by atoms with Crippen molar-refractivity contribution in [3.05, 3.63) is 83.4 Å². The van der Waals surface area contributed by atoms with Gasteiger partial charge in [-0.25, -0.2) is 4.79 Å². The molecule has 0 spiro atoms. The molecule has 2 heteroatoms. The largest absolute Gasteiger partial charge is 0.462 e. The van der Waals surface area contributed by atoms with Gasteiger partial charge in [-0.2, -0.15) is 0 Å². The minimum Gasteiger partial charge on any atom is -0.462 e. The summed E-state index contributed by atoms with van der Waals surface area (Å²) in [4.78, 5) is 12.1. The molecule has 0 aromatic heterocycles. The third-order valence-corrected chi connectivity index (χ3v) is 4.85. The van der Waals surface area contributed by atoms with Crippen LogP contribution in [0.5, 0.6) is 0 Å². The van der Waals surface area contributed by atoms with Gasteiger partial charge in [0.1, 0.15) is 0 Å². The van der Waals surface area contributed by atoms with E-state index < -0.39 is 0 Å². The van der Waals surface area contributed by atoms with Crippen LogP contribution in [0.15, 0.2) is 66.7 Å². The summed E-state index contributed by atoms with van der Waals surface area (Å²) < 4.78 is 5.16. The molecule has 3 aromatic carbocycles. The quantitative estimate of drug-likeness (QED) is 0.611. The molecule has 0 bridgehead atoms. The predicted octanol–water partition coefficient (Wildman–Crippen LogP) is 5.29. The second kappa shape index (κ2) is 6.12. The van der Waals surface area contributed by atoms with Gasteiger partial charge in [-0.15, -0.1) is 0 Å². The second-order valence-electron chi connectivity index (χ2n) is 6.37. The highest BCUT2D eigenvalue weighted by Gasteiger charge is 2.39. The first-order chi connectivity index (χ1) is 11.8. The molecule has 0 amide bonds. The topological polar surface area (TPSA) is 26.3 Å². The minimum absolute atomic E-state index is 0.246. The van der Waals surface area contributed by atoms with Gasteiger partial charge in [0.15, 0.2) is 0 Å². The molecular weight excluding hydrogens is 296 g/mol. The number of hydrogen-bond acceptors (Lipinski definition) is 2. The molecule has 0 radical (unpaired) electrons. The first-order valence-corrected chi connectivity index (χ1v) is 8.52. The zero-order valence-electron chi connectivity index (χ0n) is 13.7. The molecule has 2 nitrogen and oxygen atoms in total. The Balaban J connectivity index is 1.64. The van der Waals surface area contributed by atoms with Crippen molar-refractivity contribution in [1.29, 1.82) is 0 Å². The van der Waals surface area contributed by atoms with E-state index in [-0.39, 0.29) is 5.97 Å². The van der Waals surface area contributed by atoms with Crippen LogP contribution in [0.1, 0.15) is 46.7 Å². The van der Waals surface area contributed by atoms with Gasteiger partial charge in [-0.05, 0) is 53.1 Å². The van der Waals surface area contributed by atoms with Crippen molar-refractivity contribution in [2.75, 3.05) is 6.61 Å². The van der Waals surface area contributed by atoms with Crippen molar-refractivity contribution in [2.45, 2.75) is 25.2 Å². The Hall–Kier alpha value is -2.61. The highest BCUT2D eigenvalue weighted by atomic mass is 16.5. The van der Waals surface area contributed by atoms with Gasteiger partial charge in [-0.3, -0.25) is 0 Å². The smallest absolute Gasteiger partial charge is 0.338 e. The Kier molecular flexibility index (Phi) is 3.81. The summed E-state index contributed by atoms with van der Waals surface area (Å²) in [6.45, 7) is 2.23.